The molecule has 0 saturated carbocycles. The molecule has 0 aliphatic heterocycles. The van der Waals surface area contributed by atoms with Gasteiger partial charge in [0, 0.05) is 5.25 Å². The maximum atomic E-state index is 12.4. The van der Waals surface area contributed by atoms with Gasteiger partial charge in [0.1, 0.15) is 0 Å². The second kappa shape index (κ2) is 8.05. The van der Waals surface area contributed by atoms with E-state index in [1.807, 2.05) is 20.8 Å². The van der Waals surface area contributed by atoms with Crippen LogP contribution in [0.5, 0.6) is 0 Å². The van der Waals surface area contributed by atoms with Crippen LogP contribution in [0.2, 0.25) is 0 Å². The van der Waals surface area contributed by atoms with Crippen molar-refractivity contribution < 1.29 is 13.5 Å². The first-order valence-corrected chi connectivity index (χ1v) is 9.57. The molecular weight excluding hydrogens is 292 g/mol. The van der Waals surface area contributed by atoms with Gasteiger partial charge in [0.05, 0.1) is 16.8 Å². The van der Waals surface area contributed by atoms with Gasteiger partial charge in [-0.3, -0.25) is 0 Å². The normalized spacial score (nSPS) is 15.2. The maximum Gasteiger partial charge on any atom is 0.179 e. The third-order valence-electron chi connectivity index (χ3n) is 2.95. The number of thioether (sulfide) groups is 1. The molecule has 0 spiro atoms. The molecule has 2 atom stereocenters. The zero-order valence-corrected chi connectivity index (χ0v) is 14.0. The van der Waals surface area contributed by atoms with Gasteiger partial charge >= 0.3 is 0 Å². The largest absolute Gasteiger partial charge is 0.392 e. The van der Waals surface area contributed by atoms with Crippen LogP contribution in [0.25, 0.3) is 0 Å². The minimum absolute atomic E-state index is 0.0129. The Morgan fingerprint density at radius 3 is 2.30 bits per heavy atom. The van der Waals surface area contributed by atoms with Crippen molar-refractivity contribution in [1.82, 2.24) is 0 Å². The van der Waals surface area contributed by atoms with Gasteiger partial charge in [0.25, 0.3) is 0 Å². The molecular formula is C15H24O3S2. The Kier molecular flexibility index (Phi) is 7.06. The lowest BCUT2D eigenvalue weighted by atomic mass is 10.1. The summed E-state index contributed by atoms with van der Waals surface area (Å²) in [5.74, 6) is -0.0129. The van der Waals surface area contributed by atoms with E-state index in [9.17, 15) is 13.5 Å². The van der Waals surface area contributed by atoms with Gasteiger partial charge in [0.2, 0.25) is 0 Å². The third-order valence-corrected chi connectivity index (χ3v) is 6.32. The first-order valence-electron chi connectivity index (χ1n) is 6.98. The zero-order chi connectivity index (χ0) is 15.2. The van der Waals surface area contributed by atoms with Gasteiger partial charge in [-0.2, -0.15) is 11.8 Å². The van der Waals surface area contributed by atoms with Crippen LogP contribution in [0.15, 0.2) is 35.2 Å². The van der Waals surface area contributed by atoms with Gasteiger partial charge < -0.3 is 5.11 Å². The second-order valence-electron chi connectivity index (χ2n) is 5.17. The Balaban J connectivity index is 2.88. The summed E-state index contributed by atoms with van der Waals surface area (Å²) in [6, 6.07) is 8.46. The highest BCUT2D eigenvalue weighted by Gasteiger charge is 2.27. The van der Waals surface area contributed by atoms with Gasteiger partial charge in [-0.15, -0.1) is 0 Å². The summed E-state index contributed by atoms with van der Waals surface area (Å²) in [6.07, 6.45) is 0.905. The number of aliphatic hydroxyl groups excluding tert-OH is 1. The molecule has 0 radical (unpaired) electrons. The van der Waals surface area contributed by atoms with Crippen molar-refractivity contribution in [2.24, 2.45) is 0 Å². The van der Waals surface area contributed by atoms with E-state index in [0.29, 0.717) is 11.3 Å². The minimum atomic E-state index is -3.35. The molecule has 1 rings (SSSR count). The van der Waals surface area contributed by atoms with Crippen LogP contribution in [0.3, 0.4) is 0 Å². The van der Waals surface area contributed by atoms with Crippen LogP contribution in [-0.2, 0) is 9.84 Å². The van der Waals surface area contributed by atoms with E-state index in [0.717, 1.165) is 6.42 Å². The van der Waals surface area contributed by atoms with Crippen LogP contribution in [0.1, 0.15) is 33.6 Å². The smallest absolute Gasteiger partial charge is 0.179 e. The lowest BCUT2D eigenvalue weighted by molar-refractivity contribution is 0.165. The van der Waals surface area contributed by atoms with Gasteiger partial charge in [-0.1, -0.05) is 45.4 Å². The van der Waals surface area contributed by atoms with Crippen molar-refractivity contribution in [3.05, 3.63) is 30.3 Å². The Morgan fingerprint density at radius 2 is 1.80 bits per heavy atom. The van der Waals surface area contributed by atoms with Crippen molar-refractivity contribution in [2.45, 2.75) is 55.1 Å². The van der Waals surface area contributed by atoms with E-state index < -0.39 is 15.9 Å². The average molecular weight is 316 g/mol. The Labute approximate surface area is 126 Å². The fourth-order valence-electron chi connectivity index (χ4n) is 2.01. The molecule has 0 aliphatic carbocycles. The van der Waals surface area contributed by atoms with Gasteiger partial charge in [-0.05, 0) is 23.8 Å². The first-order chi connectivity index (χ1) is 9.36. The van der Waals surface area contributed by atoms with Crippen LogP contribution in [-0.4, -0.2) is 35.9 Å². The van der Waals surface area contributed by atoms with E-state index in [-0.39, 0.29) is 16.3 Å². The number of benzene rings is 1. The highest BCUT2D eigenvalue weighted by Crippen LogP contribution is 2.26. The number of rotatable bonds is 8. The molecule has 1 aromatic rings. The Morgan fingerprint density at radius 1 is 1.20 bits per heavy atom. The standard InChI is InChI=1S/C15H24O3S2/c1-4-8-14(16)15(19-12(2)3)11-20(17,18)13-9-6-5-7-10-13/h5-7,9-10,12,14-16H,4,8,11H2,1-3H3/t14-,15+/m0/s1. The van der Waals surface area contributed by atoms with Crippen molar-refractivity contribution in [3.8, 4) is 0 Å². The fourth-order valence-corrected chi connectivity index (χ4v) is 5.30. The molecule has 0 amide bonds. The average Bonchev–Trinajstić information content (AvgIpc) is 2.38. The zero-order valence-electron chi connectivity index (χ0n) is 12.3. The molecule has 1 N–H and O–H groups in total. The second-order valence-corrected chi connectivity index (χ2v) is 9.03. The summed E-state index contributed by atoms with van der Waals surface area (Å²) in [5, 5.41) is 10.2. The van der Waals surface area contributed by atoms with Crippen LogP contribution < -0.4 is 0 Å². The number of sulfone groups is 1. The predicted octanol–water partition coefficient (Wildman–Crippen LogP) is 3.13. The van der Waals surface area contributed by atoms with Crippen molar-refractivity contribution in [1.29, 1.82) is 0 Å². The molecule has 0 bridgehead atoms. The summed E-state index contributed by atoms with van der Waals surface area (Å²) in [4.78, 5) is 0.332. The van der Waals surface area contributed by atoms with Crippen molar-refractivity contribution >= 4 is 21.6 Å². The van der Waals surface area contributed by atoms with Crippen LogP contribution in [0.4, 0.5) is 0 Å². The molecule has 20 heavy (non-hydrogen) atoms. The van der Waals surface area contributed by atoms with E-state index in [2.05, 4.69) is 0 Å². The lowest BCUT2D eigenvalue weighted by Crippen LogP contribution is -2.31. The minimum Gasteiger partial charge on any atom is -0.392 e. The SMILES string of the molecule is CCC[C@H](O)[C@@H](CS(=O)(=O)c1ccccc1)SC(C)C. The van der Waals surface area contributed by atoms with Crippen LogP contribution in [0, 0.1) is 0 Å². The monoisotopic (exact) mass is 316 g/mol. The van der Waals surface area contributed by atoms with Crippen molar-refractivity contribution in [3.63, 3.8) is 0 Å². The van der Waals surface area contributed by atoms with Gasteiger partial charge in [0.15, 0.2) is 9.84 Å². The topological polar surface area (TPSA) is 54.4 Å². The van der Waals surface area contributed by atoms with E-state index in [4.69, 9.17) is 0 Å². The Bertz CT molecular complexity index is 483. The van der Waals surface area contributed by atoms with E-state index in [1.54, 1.807) is 30.3 Å². The Hall–Kier alpha value is -0.520. The summed E-state index contributed by atoms with van der Waals surface area (Å²) >= 11 is 1.54. The molecule has 0 aliphatic rings. The summed E-state index contributed by atoms with van der Waals surface area (Å²) < 4.78 is 24.8. The summed E-state index contributed by atoms with van der Waals surface area (Å²) in [5.41, 5.74) is 0. The summed E-state index contributed by atoms with van der Waals surface area (Å²) in [6.45, 7) is 6.03. The molecule has 114 valence electrons. The molecule has 0 heterocycles. The molecule has 0 unspecified atom stereocenters. The van der Waals surface area contributed by atoms with Crippen molar-refractivity contribution in [2.75, 3.05) is 5.75 Å². The molecule has 0 saturated heterocycles. The maximum absolute atomic E-state index is 12.4. The van der Waals surface area contributed by atoms with Crippen LogP contribution >= 0.6 is 11.8 Å². The quantitative estimate of drug-likeness (QED) is 0.800. The highest BCUT2D eigenvalue weighted by molar-refractivity contribution is 8.01. The predicted molar refractivity (Wildman–Crippen MR) is 85.9 cm³/mol. The molecule has 5 heteroatoms. The van der Waals surface area contributed by atoms with E-state index in [1.165, 1.54) is 11.8 Å². The molecule has 0 aromatic heterocycles. The highest BCUT2D eigenvalue weighted by atomic mass is 32.2. The fraction of sp³-hybridized carbons (Fsp3) is 0.600. The first kappa shape index (κ1) is 17.5. The molecule has 3 nitrogen and oxygen atoms in total. The lowest BCUT2D eigenvalue weighted by Gasteiger charge is -2.24. The summed E-state index contributed by atoms with van der Waals surface area (Å²) in [7, 11) is -3.35. The third kappa shape index (κ3) is 5.46. The molecule has 0 fully saturated rings. The number of hydrogen-bond donors (Lipinski definition) is 1. The van der Waals surface area contributed by atoms with Gasteiger partial charge in [-0.25, -0.2) is 8.42 Å². The number of hydrogen-bond acceptors (Lipinski definition) is 4. The van der Waals surface area contributed by atoms with E-state index >= 15 is 0 Å². The number of aliphatic hydroxyl groups is 1. The molecule has 1 aromatic carbocycles.